The van der Waals surface area contributed by atoms with Crippen molar-refractivity contribution in [3.63, 3.8) is 0 Å². The van der Waals surface area contributed by atoms with E-state index in [2.05, 4.69) is 0 Å². The highest BCUT2D eigenvalue weighted by molar-refractivity contribution is 6.19. The average Bonchev–Trinajstić information content (AvgIpc) is 3.44. The van der Waals surface area contributed by atoms with Gasteiger partial charge < -0.3 is 39.7 Å². The van der Waals surface area contributed by atoms with Crippen LogP contribution >= 0.6 is 0 Å². The summed E-state index contributed by atoms with van der Waals surface area (Å²) in [4.78, 5) is 53.0. The summed E-state index contributed by atoms with van der Waals surface area (Å²) in [6, 6.07) is 1.22. The molecule has 0 aromatic heterocycles. The van der Waals surface area contributed by atoms with Crippen LogP contribution in [-0.2, 0) is 25.5 Å². The third-order valence-corrected chi connectivity index (χ3v) is 7.97. The van der Waals surface area contributed by atoms with Gasteiger partial charge in [-0.2, -0.15) is 0 Å². The van der Waals surface area contributed by atoms with Crippen LogP contribution in [0.15, 0.2) is 17.7 Å². The molecule has 2 aromatic rings. The van der Waals surface area contributed by atoms with Gasteiger partial charge in [-0.05, 0) is 51.0 Å². The van der Waals surface area contributed by atoms with Crippen molar-refractivity contribution in [2.75, 3.05) is 14.2 Å². The summed E-state index contributed by atoms with van der Waals surface area (Å²) in [6.07, 6.45) is -1.22. The number of hydrogen-bond acceptors (Lipinski definition) is 11. The van der Waals surface area contributed by atoms with E-state index in [9.17, 15) is 34.5 Å². The Labute approximate surface area is 228 Å². The van der Waals surface area contributed by atoms with Gasteiger partial charge in [0.1, 0.15) is 40.2 Å². The Morgan fingerprint density at radius 2 is 1.55 bits per heavy atom. The van der Waals surface area contributed by atoms with E-state index >= 15 is 0 Å². The SMILES string of the molecule is COC(=O)c1c(C)c2c(c(C)c1O)O[C@]1(C2)C(=O)C=C(C)C(=O)[C@@]12Oc1c(C(=O)OC)c(C)cc(O)c1[C@@H]2O.O. The number of phenolic OH excluding ortho intramolecular Hbond substituents is 2. The number of rotatable bonds is 2. The van der Waals surface area contributed by atoms with E-state index in [0.717, 1.165) is 20.3 Å². The number of aliphatic hydroxyl groups excluding tert-OH is 1. The molecule has 2 heterocycles. The molecule has 0 saturated heterocycles. The summed E-state index contributed by atoms with van der Waals surface area (Å²) < 4.78 is 22.1. The predicted molar refractivity (Wildman–Crippen MR) is 136 cm³/mol. The molecule has 2 spiro atoms. The van der Waals surface area contributed by atoms with E-state index in [1.54, 1.807) is 0 Å². The van der Waals surface area contributed by atoms with Crippen molar-refractivity contribution in [1.29, 1.82) is 0 Å². The minimum atomic E-state index is -2.47. The summed E-state index contributed by atoms with van der Waals surface area (Å²) in [7, 11) is 2.29. The Kier molecular flexibility index (Phi) is 6.48. The summed E-state index contributed by atoms with van der Waals surface area (Å²) >= 11 is 0. The number of aromatic hydroxyl groups is 2. The number of methoxy groups -OCH3 is 2. The van der Waals surface area contributed by atoms with E-state index < -0.39 is 52.3 Å². The fraction of sp³-hybridized carbons (Fsp3) is 0.357. The van der Waals surface area contributed by atoms with Gasteiger partial charge in [0.05, 0.1) is 19.8 Å². The quantitative estimate of drug-likeness (QED) is 0.452. The number of carbonyl (C=O) groups excluding carboxylic acids is 4. The molecule has 2 aliphatic heterocycles. The Hall–Kier alpha value is -4.42. The van der Waals surface area contributed by atoms with E-state index in [1.165, 1.54) is 33.8 Å². The van der Waals surface area contributed by atoms with Gasteiger partial charge in [-0.15, -0.1) is 0 Å². The van der Waals surface area contributed by atoms with Gasteiger partial charge in [0.15, 0.2) is 0 Å². The minimum absolute atomic E-state index is 0. The first-order valence-corrected chi connectivity index (χ1v) is 12.0. The van der Waals surface area contributed by atoms with Crippen LogP contribution in [0.1, 0.15) is 61.6 Å². The van der Waals surface area contributed by atoms with Crippen LogP contribution in [0.4, 0.5) is 0 Å². The molecule has 0 unspecified atom stereocenters. The van der Waals surface area contributed by atoms with Crippen molar-refractivity contribution in [2.24, 2.45) is 0 Å². The summed E-state index contributed by atoms with van der Waals surface area (Å²) in [5, 5.41) is 33.4. The second kappa shape index (κ2) is 9.07. The molecule has 0 bridgehead atoms. The van der Waals surface area contributed by atoms with Gasteiger partial charge in [0.25, 0.3) is 0 Å². The van der Waals surface area contributed by atoms with E-state index in [1.807, 2.05) is 0 Å². The molecule has 5 rings (SSSR count). The number of Topliss-reactive ketones (excluding diaryl/α,β-unsaturated/α-hetero) is 1. The number of phenols is 2. The zero-order chi connectivity index (χ0) is 28.8. The molecule has 12 nitrogen and oxygen atoms in total. The van der Waals surface area contributed by atoms with Gasteiger partial charge in [-0.3, -0.25) is 9.59 Å². The summed E-state index contributed by atoms with van der Waals surface area (Å²) in [5.41, 5.74) is -4.38. The van der Waals surface area contributed by atoms with Gasteiger partial charge in [-0.1, -0.05) is 0 Å². The van der Waals surface area contributed by atoms with Crippen LogP contribution in [0, 0.1) is 20.8 Å². The van der Waals surface area contributed by atoms with Crippen molar-refractivity contribution in [3.8, 4) is 23.0 Å². The lowest BCUT2D eigenvalue weighted by Gasteiger charge is -2.45. The fourth-order valence-electron chi connectivity index (χ4n) is 5.97. The molecule has 40 heavy (non-hydrogen) atoms. The van der Waals surface area contributed by atoms with E-state index in [0.29, 0.717) is 5.56 Å². The first kappa shape index (κ1) is 28.6. The van der Waals surface area contributed by atoms with Crippen molar-refractivity contribution < 1.29 is 58.9 Å². The predicted octanol–water partition coefficient (Wildman–Crippen LogP) is 1.41. The first-order chi connectivity index (χ1) is 18.3. The van der Waals surface area contributed by atoms with Crippen LogP contribution in [0.2, 0.25) is 0 Å². The maximum Gasteiger partial charge on any atom is 0.341 e. The zero-order valence-electron chi connectivity index (χ0n) is 22.5. The van der Waals surface area contributed by atoms with E-state index in [4.69, 9.17) is 18.9 Å². The lowest BCUT2D eigenvalue weighted by Crippen LogP contribution is -2.72. The number of aliphatic hydroxyl groups is 1. The molecule has 212 valence electrons. The number of ketones is 2. The lowest BCUT2D eigenvalue weighted by atomic mass is 9.65. The standard InChI is InChI=1S/C28H26O11.H2O/c1-10-7-15(29)19-22(17(10)25(34)36-5)39-28(24(19)33)23(32)11(2)8-16(30)27(28)9-14-12(3)18(26(35)37-6)20(31)13(4)21(14)38-27;/h7-8,24,29,31,33H,9H2,1-6H3;1H2/t24-,27+,28-;/m0./s1. The summed E-state index contributed by atoms with van der Waals surface area (Å²) in [5.74, 6) is -4.37. The highest BCUT2D eigenvalue weighted by Crippen LogP contribution is 2.60. The van der Waals surface area contributed by atoms with Crippen molar-refractivity contribution in [3.05, 3.63) is 56.7 Å². The van der Waals surface area contributed by atoms with Crippen LogP contribution in [-0.4, -0.2) is 69.7 Å². The van der Waals surface area contributed by atoms with Crippen LogP contribution in [0.25, 0.3) is 0 Å². The molecular weight excluding hydrogens is 528 g/mol. The fourth-order valence-corrected chi connectivity index (χ4v) is 5.97. The van der Waals surface area contributed by atoms with E-state index in [-0.39, 0.29) is 62.3 Å². The molecule has 1 aliphatic carbocycles. The number of aryl methyl sites for hydroxylation is 1. The van der Waals surface area contributed by atoms with Crippen LogP contribution in [0.5, 0.6) is 23.0 Å². The smallest absolute Gasteiger partial charge is 0.341 e. The number of hydrogen-bond donors (Lipinski definition) is 3. The second-order valence-electron chi connectivity index (χ2n) is 9.96. The largest absolute Gasteiger partial charge is 0.507 e. The number of benzene rings is 2. The normalized spacial score (nSPS) is 24.1. The van der Waals surface area contributed by atoms with Crippen molar-refractivity contribution in [2.45, 2.75) is 51.4 Å². The number of ether oxygens (including phenoxy) is 4. The molecule has 5 N–H and O–H groups in total. The third-order valence-electron chi connectivity index (χ3n) is 7.97. The number of fused-ring (bicyclic) bond motifs is 3. The Morgan fingerprint density at radius 1 is 0.950 bits per heavy atom. The third kappa shape index (κ3) is 3.20. The molecule has 0 radical (unpaired) electrons. The molecule has 2 aromatic carbocycles. The molecule has 12 heteroatoms. The van der Waals surface area contributed by atoms with Crippen LogP contribution in [0.3, 0.4) is 0 Å². The highest BCUT2D eigenvalue weighted by atomic mass is 16.6. The molecule has 0 amide bonds. The summed E-state index contributed by atoms with van der Waals surface area (Å²) in [6.45, 7) is 5.88. The molecule has 0 fully saturated rings. The molecule has 0 saturated carbocycles. The Balaban J connectivity index is 0.00000370. The Bertz CT molecular complexity index is 1570. The minimum Gasteiger partial charge on any atom is -0.507 e. The molecular formula is C28H28O12. The average molecular weight is 557 g/mol. The maximum absolute atomic E-state index is 14.0. The number of esters is 2. The van der Waals surface area contributed by atoms with Gasteiger partial charge in [-0.25, -0.2) is 9.59 Å². The van der Waals surface area contributed by atoms with Gasteiger partial charge >= 0.3 is 11.9 Å². The highest BCUT2D eigenvalue weighted by Gasteiger charge is 2.75. The molecule has 3 aliphatic rings. The van der Waals surface area contributed by atoms with Crippen LogP contribution < -0.4 is 9.47 Å². The first-order valence-electron chi connectivity index (χ1n) is 12.0. The maximum atomic E-state index is 14.0. The monoisotopic (exact) mass is 556 g/mol. The topological polar surface area (TPSA) is 197 Å². The van der Waals surface area contributed by atoms with Crippen molar-refractivity contribution >= 4 is 23.5 Å². The van der Waals surface area contributed by atoms with Gasteiger partial charge in [0.2, 0.25) is 22.8 Å². The zero-order valence-corrected chi connectivity index (χ0v) is 22.5. The molecule has 3 atom stereocenters. The van der Waals surface area contributed by atoms with Gasteiger partial charge in [0, 0.05) is 23.1 Å². The van der Waals surface area contributed by atoms with Crippen molar-refractivity contribution in [1.82, 2.24) is 0 Å². The second-order valence-corrected chi connectivity index (χ2v) is 9.96. The lowest BCUT2D eigenvalue weighted by molar-refractivity contribution is -0.179. The Morgan fingerprint density at radius 3 is 2.15 bits per heavy atom. The number of carbonyl (C=O) groups is 4.